The van der Waals surface area contributed by atoms with Gasteiger partial charge in [0.15, 0.2) is 0 Å². The fraction of sp³-hybridized carbons (Fsp3) is 0.250. The van der Waals surface area contributed by atoms with Gasteiger partial charge in [-0.05, 0) is 35.2 Å². The summed E-state index contributed by atoms with van der Waals surface area (Å²) < 4.78 is 0. The normalized spacial score (nSPS) is 10.2. The summed E-state index contributed by atoms with van der Waals surface area (Å²) in [5.74, 6) is -1.55. The van der Waals surface area contributed by atoms with E-state index in [1.807, 2.05) is 24.3 Å². The van der Waals surface area contributed by atoms with Gasteiger partial charge in [-0.25, -0.2) is 0 Å². The van der Waals surface area contributed by atoms with Gasteiger partial charge in [0.05, 0.1) is 12.8 Å². The summed E-state index contributed by atoms with van der Waals surface area (Å²) in [4.78, 5) is 34.2. The summed E-state index contributed by atoms with van der Waals surface area (Å²) >= 11 is 0. The molecular formula is C20H22N2O4. The zero-order chi connectivity index (χ0) is 18.9. The van der Waals surface area contributed by atoms with Crippen LogP contribution in [0.2, 0.25) is 0 Å². The van der Waals surface area contributed by atoms with Gasteiger partial charge < -0.3 is 15.7 Å². The molecule has 2 aromatic carbocycles. The van der Waals surface area contributed by atoms with E-state index in [9.17, 15) is 14.4 Å². The lowest BCUT2D eigenvalue weighted by atomic mass is 10.1. The number of benzene rings is 2. The topological polar surface area (TPSA) is 95.5 Å². The van der Waals surface area contributed by atoms with Gasteiger partial charge in [-0.2, -0.15) is 0 Å². The summed E-state index contributed by atoms with van der Waals surface area (Å²) in [6.45, 7) is 1.68. The molecule has 136 valence electrons. The second-order valence-electron chi connectivity index (χ2n) is 5.94. The highest BCUT2D eigenvalue weighted by atomic mass is 16.4. The first-order chi connectivity index (χ1) is 12.5. The lowest BCUT2D eigenvalue weighted by molar-refractivity contribution is -0.137. The van der Waals surface area contributed by atoms with E-state index < -0.39 is 12.5 Å². The number of carboxylic acids is 1. The van der Waals surface area contributed by atoms with E-state index in [0.717, 1.165) is 17.5 Å². The molecule has 0 atom stereocenters. The molecule has 0 bridgehead atoms. The molecule has 3 N–H and O–H groups in total. The van der Waals surface area contributed by atoms with E-state index in [0.29, 0.717) is 12.1 Å². The van der Waals surface area contributed by atoms with Crippen LogP contribution < -0.4 is 10.6 Å². The lowest BCUT2D eigenvalue weighted by Crippen LogP contribution is -2.30. The zero-order valence-corrected chi connectivity index (χ0v) is 14.6. The van der Waals surface area contributed by atoms with E-state index in [1.165, 1.54) is 5.56 Å². The van der Waals surface area contributed by atoms with Gasteiger partial charge in [0.1, 0.15) is 6.54 Å². The maximum absolute atomic E-state index is 12.2. The van der Waals surface area contributed by atoms with Gasteiger partial charge in [0, 0.05) is 5.69 Å². The molecular weight excluding hydrogens is 332 g/mol. The summed E-state index contributed by atoms with van der Waals surface area (Å²) in [6, 6.07) is 14.8. The first kappa shape index (κ1) is 19.2. The molecule has 0 fully saturated rings. The molecule has 6 heteroatoms. The highest BCUT2D eigenvalue weighted by Gasteiger charge is 2.07. The van der Waals surface area contributed by atoms with Crippen LogP contribution >= 0.6 is 0 Å². The number of anilines is 1. The van der Waals surface area contributed by atoms with E-state index in [1.54, 1.807) is 24.3 Å². The van der Waals surface area contributed by atoms with Crippen LogP contribution in [-0.4, -0.2) is 29.4 Å². The maximum atomic E-state index is 12.2. The maximum Gasteiger partial charge on any atom is 0.322 e. The molecule has 6 nitrogen and oxygen atoms in total. The van der Waals surface area contributed by atoms with E-state index >= 15 is 0 Å². The van der Waals surface area contributed by atoms with Crippen molar-refractivity contribution in [1.29, 1.82) is 0 Å². The van der Waals surface area contributed by atoms with Crippen molar-refractivity contribution >= 4 is 23.5 Å². The molecule has 0 heterocycles. The van der Waals surface area contributed by atoms with Crippen molar-refractivity contribution in [1.82, 2.24) is 5.32 Å². The summed E-state index contributed by atoms with van der Waals surface area (Å²) in [5.41, 5.74) is 3.55. The van der Waals surface area contributed by atoms with Crippen molar-refractivity contribution < 1.29 is 19.5 Å². The molecule has 0 spiro atoms. The Morgan fingerprint density at radius 1 is 0.885 bits per heavy atom. The molecule has 2 aromatic rings. The Kier molecular flexibility index (Phi) is 6.91. The van der Waals surface area contributed by atoms with Crippen molar-refractivity contribution in [2.45, 2.75) is 26.2 Å². The molecule has 0 unspecified atom stereocenters. The first-order valence-electron chi connectivity index (χ1n) is 8.41. The van der Waals surface area contributed by atoms with Crippen molar-refractivity contribution in [2.24, 2.45) is 0 Å². The molecule has 0 aromatic heterocycles. The molecule has 0 saturated carbocycles. The third-order valence-corrected chi connectivity index (χ3v) is 3.80. The summed E-state index contributed by atoms with van der Waals surface area (Å²) in [6.07, 6.45) is 1.31. The minimum Gasteiger partial charge on any atom is -0.480 e. The van der Waals surface area contributed by atoms with Crippen LogP contribution in [0, 0.1) is 0 Å². The Bertz CT molecular complexity index is 785. The number of nitrogens with one attached hydrogen (secondary N) is 2. The number of amides is 2. The van der Waals surface area contributed by atoms with Crippen LogP contribution in [0.15, 0.2) is 48.5 Å². The van der Waals surface area contributed by atoms with Crippen molar-refractivity contribution in [2.75, 3.05) is 11.9 Å². The Hall–Kier alpha value is -3.15. The Labute approximate surface area is 152 Å². The predicted octanol–water partition coefficient (Wildman–Crippen LogP) is 2.17. The molecule has 0 aliphatic heterocycles. The molecule has 0 radical (unpaired) electrons. The number of aliphatic carboxylic acids is 1. The number of carboxylic acid groups (broad SMARTS) is 1. The molecule has 2 rings (SSSR count). The number of rotatable bonds is 8. The second kappa shape index (κ2) is 9.36. The number of carbonyl (C=O) groups is 3. The third kappa shape index (κ3) is 6.39. The quantitative estimate of drug-likeness (QED) is 0.677. The van der Waals surface area contributed by atoms with Gasteiger partial charge >= 0.3 is 5.97 Å². The van der Waals surface area contributed by atoms with E-state index in [2.05, 4.69) is 17.6 Å². The number of hydrogen-bond acceptors (Lipinski definition) is 3. The monoisotopic (exact) mass is 354 g/mol. The molecule has 26 heavy (non-hydrogen) atoms. The highest BCUT2D eigenvalue weighted by molar-refractivity contribution is 5.92. The number of aryl methyl sites for hydroxylation is 1. The fourth-order valence-corrected chi connectivity index (χ4v) is 2.48. The Balaban J connectivity index is 1.86. The van der Waals surface area contributed by atoms with Crippen LogP contribution in [0.25, 0.3) is 0 Å². The van der Waals surface area contributed by atoms with Gasteiger partial charge in [-0.1, -0.05) is 43.3 Å². The van der Waals surface area contributed by atoms with Crippen LogP contribution in [-0.2, 0) is 33.6 Å². The van der Waals surface area contributed by atoms with Gasteiger partial charge in [-0.15, -0.1) is 0 Å². The second-order valence-corrected chi connectivity index (χ2v) is 5.94. The number of carbonyl (C=O) groups excluding carboxylic acids is 2. The SMILES string of the molecule is CCc1cccc(CC(=O)Nc2ccc(CC(=O)NCC(=O)O)cc2)c1. The van der Waals surface area contributed by atoms with Crippen LogP contribution in [0.5, 0.6) is 0 Å². The summed E-state index contributed by atoms with van der Waals surface area (Å²) in [7, 11) is 0. The van der Waals surface area contributed by atoms with Crippen LogP contribution in [0.3, 0.4) is 0 Å². The molecule has 2 amide bonds. The van der Waals surface area contributed by atoms with E-state index in [-0.39, 0.29) is 18.2 Å². The Morgan fingerprint density at radius 3 is 2.19 bits per heavy atom. The smallest absolute Gasteiger partial charge is 0.322 e. The van der Waals surface area contributed by atoms with E-state index in [4.69, 9.17) is 5.11 Å². The van der Waals surface area contributed by atoms with Crippen LogP contribution in [0.4, 0.5) is 5.69 Å². The molecule has 0 aliphatic carbocycles. The van der Waals surface area contributed by atoms with Crippen LogP contribution in [0.1, 0.15) is 23.6 Å². The van der Waals surface area contributed by atoms with Gasteiger partial charge in [0.25, 0.3) is 0 Å². The Morgan fingerprint density at radius 2 is 1.54 bits per heavy atom. The third-order valence-electron chi connectivity index (χ3n) is 3.80. The molecule has 0 saturated heterocycles. The van der Waals surface area contributed by atoms with Gasteiger partial charge in [-0.3, -0.25) is 14.4 Å². The van der Waals surface area contributed by atoms with Gasteiger partial charge in [0.2, 0.25) is 11.8 Å². The number of hydrogen-bond donors (Lipinski definition) is 3. The zero-order valence-electron chi connectivity index (χ0n) is 14.6. The average Bonchev–Trinajstić information content (AvgIpc) is 2.61. The minimum atomic E-state index is -1.08. The van der Waals surface area contributed by atoms with Crippen molar-refractivity contribution in [3.05, 3.63) is 65.2 Å². The first-order valence-corrected chi connectivity index (χ1v) is 8.41. The summed E-state index contributed by atoms with van der Waals surface area (Å²) in [5, 5.41) is 13.7. The lowest BCUT2D eigenvalue weighted by Gasteiger charge is -2.08. The standard InChI is InChI=1S/C20H22N2O4/c1-2-14-4-3-5-16(10-14)12-19(24)22-17-8-6-15(7-9-17)11-18(23)21-13-20(25)26/h3-10H,2,11-13H2,1H3,(H,21,23)(H,22,24)(H,25,26). The highest BCUT2D eigenvalue weighted by Crippen LogP contribution is 2.12. The average molecular weight is 354 g/mol. The van der Waals surface area contributed by atoms with Crippen molar-refractivity contribution in [3.8, 4) is 0 Å². The minimum absolute atomic E-state index is 0.0886. The largest absolute Gasteiger partial charge is 0.480 e. The van der Waals surface area contributed by atoms with Crippen molar-refractivity contribution in [3.63, 3.8) is 0 Å². The molecule has 0 aliphatic rings. The predicted molar refractivity (Wildman–Crippen MR) is 98.9 cm³/mol. The fourth-order valence-electron chi connectivity index (χ4n) is 2.48.